The second kappa shape index (κ2) is 3.90. The number of hydrogen-bond donors (Lipinski definition) is 2. The van der Waals surface area contributed by atoms with Gasteiger partial charge in [-0.3, -0.25) is 10.1 Å². The van der Waals surface area contributed by atoms with Crippen molar-refractivity contribution in [1.82, 2.24) is 5.16 Å². The van der Waals surface area contributed by atoms with Crippen LogP contribution in [0, 0.1) is 12.3 Å². The molecular formula is C11H19N3O2. The zero-order chi connectivity index (χ0) is 12.6. The summed E-state index contributed by atoms with van der Waals surface area (Å²) in [6.45, 7) is 9.02. The SMILES string of the molecule is Cc1cc(NC(=O)C(C)(C)C(C)(C)N)on1. The summed E-state index contributed by atoms with van der Waals surface area (Å²) in [5.41, 5.74) is 5.37. The molecule has 0 aromatic carbocycles. The molecule has 0 unspecified atom stereocenters. The molecule has 0 atom stereocenters. The van der Waals surface area contributed by atoms with Crippen LogP contribution in [0.25, 0.3) is 0 Å². The Bertz CT molecular complexity index is 388. The molecule has 1 amide bonds. The van der Waals surface area contributed by atoms with Gasteiger partial charge in [0.15, 0.2) is 0 Å². The fourth-order valence-electron chi connectivity index (χ4n) is 0.983. The topological polar surface area (TPSA) is 81.2 Å². The monoisotopic (exact) mass is 225 g/mol. The molecule has 5 heteroatoms. The molecule has 0 fully saturated rings. The lowest BCUT2D eigenvalue weighted by Gasteiger charge is -2.36. The molecule has 3 N–H and O–H groups in total. The summed E-state index contributed by atoms with van der Waals surface area (Å²) in [6.07, 6.45) is 0. The maximum absolute atomic E-state index is 12.0. The maximum atomic E-state index is 12.0. The van der Waals surface area contributed by atoms with E-state index in [1.165, 1.54) is 0 Å². The van der Waals surface area contributed by atoms with Gasteiger partial charge in [0.25, 0.3) is 0 Å². The Kier molecular flexibility index (Phi) is 3.10. The van der Waals surface area contributed by atoms with Gasteiger partial charge in [-0.25, -0.2) is 0 Å². The van der Waals surface area contributed by atoms with Gasteiger partial charge in [-0.1, -0.05) is 5.16 Å². The first-order chi connectivity index (χ1) is 7.14. The fourth-order valence-corrected chi connectivity index (χ4v) is 0.983. The summed E-state index contributed by atoms with van der Waals surface area (Å²) >= 11 is 0. The number of anilines is 1. The molecule has 0 aliphatic heterocycles. The van der Waals surface area contributed by atoms with E-state index in [9.17, 15) is 4.79 Å². The van der Waals surface area contributed by atoms with Crippen molar-refractivity contribution < 1.29 is 9.32 Å². The number of carbonyl (C=O) groups is 1. The van der Waals surface area contributed by atoms with Crippen molar-refractivity contribution in [3.8, 4) is 0 Å². The Morgan fingerprint density at radius 3 is 2.38 bits per heavy atom. The molecule has 16 heavy (non-hydrogen) atoms. The van der Waals surface area contributed by atoms with Crippen molar-refractivity contribution >= 4 is 11.8 Å². The maximum Gasteiger partial charge on any atom is 0.234 e. The fraction of sp³-hybridized carbons (Fsp3) is 0.636. The molecule has 0 radical (unpaired) electrons. The van der Waals surface area contributed by atoms with Crippen molar-refractivity contribution in [2.75, 3.05) is 5.32 Å². The first-order valence-electron chi connectivity index (χ1n) is 5.18. The van der Waals surface area contributed by atoms with Gasteiger partial charge >= 0.3 is 0 Å². The van der Waals surface area contributed by atoms with E-state index < -0.39 is 11.0 Å². The molecule has 0 spiro atoms. The lowest BCUT2D eigenvalue weighted by molar-refractivity contribution is -0.126. The predicted octanol–water partition coefficient (Wildman–Crippen LogP) is 1.69. The highest BCUT2D eigenvalue weighted by atomic mass is 16.5. The van der Waals surface area contributed by atoms with E-state index in [0.29, 0.717) is 5.88 Å². The van der Waals surface area contributed by atoms with Gasteiger partial charge < -0.3 is 10.3 Å². The molecule has 1 rings (SSSR count). The number of hydrogen-bond acceptors (Lipinski definition) is 4. The van der Waals surface area contributed by atoms with Crippen molar-refractivity contribution in [3.05, 3.63) is 11.8 Å². The minimum absolute atomic E-state index is 0.184. The standard InChI is InChI=1S/C11H19N3O2/c1-7-6-8(16-14-7)13-9(15)10(2,3)11(4,5)12/h6H,12H2,1-5H3,(H,13,15). The van der Waals surface area contributed by atoms with Crippen LogP contribution in [0.15, 0.2) is 10.6 Å². The van der Waals surface area contributed by atoms with Crippen LogP contribution in [0.2, 0.25) is 0 Å². The molecule has 5 nitrogen and oxygen atoms in total. The smallest absolute Gasteiger partial charge is 0.234 e. The lowest BCUT2D eigenvalue weighted by atomic mass is 9.74. The normalized spacial score (nSPS) is 12.6. The Labute approximate surface area is 95.4 Å². The van der Waals surface area contributed by atoms with Gasteiger partial charge in [-0.2, -0.15) is 0 Å². The first-order valence-corrected chi connectivity index (χ1v) is 5.18. The summed E-state index contributed by atoms with van der Waals surface area (Å²) in [5.74, 6) is 0.163. The second-order valence-electron chi connectivity index (χ2n) is 5.13. The van der Waals surface area contributed by atoms with Crippen LogP contribution in [0.1, 0.15) is 33.4 Å². The van der Waals surface area contributed by atoms with Gasteiger partial charge in [0.05, 0.1) is 11.1 Å². The Hall–Kier alpha value is -1.36. The highest BCUT2D eigenvalue weighted by molar-refractivity contribution is 5.94. The zero-order valence-corrected chi connectivity index (χ0v) is 10.4. The number of carbonyl (C=O) groups excluding carboxylic acids is 1. The number of amides is 1. The number of nitrogens with two attached hydrogens (primary N) is 1. The molecule has 1 aromatic heterocycles. The van der Waals surface area contributed by atoms with Crippen LogP contribution in [0.3, 0.4) is 0 Å². The molecule has 1 heterocycles. The third-order valence-electron chi connectivity index (χ3n) is 3.04. The number of rotatable bonds is 3. The molecule has 1 aromatic rings. The number of aryl methyl sites for hydroxylation is 1. The molecule has 0 aliphatic rings. The van der Waals surface area contributed by atoms with Crippen LogP contribution < -0.4 is 11.1 Å². The molecule has 0 saturated heterocycles. The summed E-state index contributed by atoms with van der Waals surface area (Å²) in [6, 6.07) is 1.66. The number of nitrogens with one attached hydrogen (secondary N) is 1. The van der Waals surface area contributed by atoms with E-state index in [-0.39, 0.29) is 5.91 Å². The van der Waals surface area contributed by atoms with E-state index in [1.807, 2.05) is 13.8 Å². The van der Waals surface area contributed by atoms with Gasteiger partial charge in [0, 0.05) is 11.6 Å². The minimum atomic E-state index is -0.701. The summed E-state index contributed by atoms with van der Waals surface area (Å²) in [5, 5.41) is 6.35. The van der Waals surface area contributed by atoms with Crippen molar-refractivity contribution in [2.24, 2.45) is 11.1 Å². The van der Waals surface area contributed by atoms with E-state index in [1.54, 1.807) is 26.8 Å². The highest BCUT2D eigenvalue weighted by Gasteiger charge is 2.40. The first kappa shape index (κ1) is 12.7. The molecule has 0 bridgehead atoms. The average molecular weight is 225 g/mol. The van der Waals surface area contributed by atoms with E-state index in [0.717, 1.165) is 5.69 Å². The van der Waals surface area contributed by atoms with Crippen LogP contribution >= 0.6 is 0 Å². The van der Waals surface area contributed by atoms with Crippen molar-refractivity contribution in [2.45, 2.75) is 40.2 Å². The molecule has 0 saturated carbocycles. The minimum Gasteiger partial charge on any atom is -0.338 e. The lowest BCUT2D eigenvalue weighted by Crippen LogP contribution is -2.53. The predicted molar refractivity (Wildman–Crippen MR) is 61.9 cm³/mol. The second-order valence-corrected chi connectivity index (χ2v) is 5.13. The van der Waals surface area contributed by atoms with Gasteiger partial charge in [-0.15, -0.1) is 0 Å². The van der Waals surface area contributed by atoms with E-state index >= 15 is 0 Å². The van der Waals surface area contributed by atoms with Crippen LogP contribution in [-0.2, 0) is 4.79 Å². The van der Waals surface area contributed by atoms with Gasteiger partial charge in [0.1, 0.15) is 0 Å². The summed E-state index contributed by atoms with van der Waals surface area (Å²) in [4.78, 5) is 12.0. The largest absolute Gasteiger partial charge is 0.338 e. The highest BCUT2D eigenvalue weighted by Crippen LogP contribution is 2.29. The summed E-state index contributed by atoms with van der Waals surface area (Å²) in [7, 11) is 0. The van der Waals surface area contributed by atoms with Gasteiger partial charge in [0.2, 0.25) is 11.8 Å². The Morgan fingerprint density at radius 1 is 1.44 bits per heavy atom. The third-order valence-corrected chi connectivity index (χ3v) is 3.04. The third kappa shape index (κ3) is 2.41. The number of aromatic nitrogens is 1. The van der Waals surface area contributed by atoms with Crippen LogP contribution in [0.5, 0.6) is 0 Å². The summed E-state index contributed by atoms with van der Waals surface area (Å²) < 4.78 is 4.92. The van der Waals surface area contributed by atoms with Crippen molar-refractivity contribution in [1.29, 1.82) is 0 Å². The number of nitrogens with zero attached hydrogens (tertiary/aromatic N) is 1. The molecular weight excluding hydrogens is 206 g/mol. The van der Waals surface area contributed by atoms with Gasteiger partial charge in [-0.05, 0) is 34.6 Å². The zero-order valence-electron chi connectivity index (χ0n) is 10.4. The molecule has 90 valence electrons. The van der Waals surface area contributed by atoms with Crippen molar-refractivity contribution in [3.63, 3.8) is 0 Å². The van der Waals surface area contributed by atoms with Crippen LogP contribution in [0.4, 0.5) is 5.88 Å². The Morgan fingerprint density at radius 2 is 2.00 bits per heavy atom. The Balaban J connectivity index is 2.80. The molecule has 0 aliphatic carbocycles. The van der Waals surface area contributed by atoms with E-state index in [4.69, 9.17) is 10.3 Å². The van der Waals surface area contributed by atoms with E-state index in [2.05, 4.69) is 10.5 Å². The quantitative estimate of drug-likeness (QED) is 0.820. The van der Waals surface area contributed by atoms with Crippen LogP contribution in [-0.4, -0.2) is 16.6 Å². The average Bonchev–Trinajstić information content (AvgIpc) is 2.49.